The zero-order valence-corrected chi connectivity index (χ0v) is 10.4. The Morgan fingerprint density at radius 1 is 1.41 bits per heavy atom. The normalized spacial score (nSPS) is 15.5. The second kappa shape index (κ2) is 4.35. The Morgan fingerprint density at radius 3 is 2.65 bits per heavy atom. The van der Waals surface area contributed by atoms with Crippen molar-refractivity contribution in [3.8, 4) is 11.6 Å². The second-order valence-corrected chi connectivity index (χ2v) is 5.21. The average Bonchev–Trinajstić information content (AvgIpc) is 3.02. The molecule has 1 aromatic heterocycles. The number of pyridine rings is 1. The summed E-state index contributed by atoms with van der Waals surface area (Å²) in [5.74, 6) is 0.992. The van der Waals surface area contributed by atoms with Crippen LogP contribution in [0.1, 0.15) is 44.0 Å². The van der Waals surface area contributed by atoms with Gasteiger partial charge in [-0.2, -0.15) is 0 Å². The Kier molecular flexibility index (Phi) is 3.05. The highest BCUT2D eigenvalue weighted by molar-refractivity contribution is 5.79. The van der Waals surface area contributed by atoms with Gasteiger partial charge in [-0.3, -0.25) is 4.79 Å². The molecule has 1 fully saturated rings. The molecule has 0 amide bonds. The lowest BCUT2D eigenvalue weighted by atomic mass is 10.2. The molecule has 4 heteroatoms. The van der Waals surface area contributed by atoms with E-state index >= 15 is 0 Å². The highest BCUT2D eigenvalue weighted by Gasteiger charge is 2.25. The zero-order chi connectivity index (χ0) is 12.5. The van der Waals surface area contributed by atoms with Crippen molar-refractivity contribution in [1.82, 2.24) is 4.98 Å². The summed E-state index contributed by atoms with van der Waals surface area (Å²) in [6, 6.07) is 1.62. The first-order valence-electron chi connectivity index (χ1n) is 5.79. The molecule has 92 valence electrons. The van der Waals surface area contributed by atoms with Crippen LogP contribution >= 0.6 is 0 Å². The number of carbonyl (C=O) groups excluding carboxylic acids is 1. The summed E-state index contributed by atoms with van der Waals surface area (Å²) in [4.78, 5) is 15.1. The van der Waals surface area contributed by atoms with Gasteiger partial charge in [0.2, 0.25) is 5.88 Å². The monoisotopic (exact) mass is 235 g/mol. The number of rotatable bonds is 4. The third-order valence-electron chi connectivity index (χ3n) is 2.23. The van der Waals surface area contributed by atoms with Crippen LogP contribution in [0.4, 0.5) is 0 Å². The molecule has 17 heavy (non-hydrogen) atoms. The van der Waals surface area contributed by atoms with Crippen LogP contribution in [0.15, 0.2) is 12.3 Å². The number of carbonyl (C=O) groups is 1. The molecular formula is C13H17NO3. The standard InChI is InChI=1S/C13H17NO3/c1-13(2,3)17-12-6-9(8-15)11(7-14-12)16-10-4-5-10/h6-8,10H,4-5H2,1-3H3. The number of aromatic nitrogens is 1. The van der Waals surface area contributed by atoms with Crippen molar-refractivity contribution >= 4 is 6.29 Å². The summed E-state index contributed by atoms with van der Waals surface area (Å²) in [6.07, 6.45) is 4.69. The number of ether oxygens (including phenoxy) is 2. The number of hydrogen-bond acceptors (Lipinski definition) is 4. The average molecular weight is 235 g/mol. The highest BCUT2D eigenvalue weighted by Crippen LogP contribution is 2.29. The minimum atomic E-state index is -0.327. The Bertz CT molecular complexity index is 419. The maximum Gasteiger partial charge on any atom is 0.214 e. The topological polar surface area (TPSA) is 48.4 Å². The SMILES string of the molecule is CC(C)(C)Oc1cc(C=O)c(OC2CC2)cn1. The van der Waals surface area contributed by atoms with E-state index in [4.69, 9.17) is 9.47 Å². The molecule has 0 atom stereocenters. The van der Waals surface area contributed by atoms with Crippen LogP contribution in [0.5, 0.6) is 11.6 Å². The Hall–Kier alpha value is -1.58. The maximum absolute atomic E-state index is 11.0. The van der Waals surface area contributed by atoms with Crippen LogP contribution in [-0.4, -0.2) is 23.0 Å². The minimum absolute atomic E-state index is 0.255. The Labute approximate surface area is 101 Å². The van der Waals surface area contributed by atoms with Gasteiger partial charge in [-0.05, 0) is 33.6 Å². The molecule has 1 aromatic rings. The summed E-state index contributed by atoms with van der Waals surface area (Å²) in [5.41, 5.74) is 0.164. The molecule has 1 saturated carbocycles. The molecule has 1 aliphatic carbocycles. The number of hydrogen-bond donors (Lipinski definition) is 0. The summed E-state index contributed by atoms with van der Waals surface area (Å²) in [7, 11) is 0. The van der Waals surface area contributed by atoms with E-state index in [0.29, 0.717) is 17.2 Å². The van der Waals surface area contributed by atoms with Gasteiger partial charge in [0, 0.05) is 6.07 Å². The van der Waals surface area contributed by atoms with Gasteiger partial charge >= 0.3 is 0 Å². The van der Waals surface area contributed by atoms with Gasteiger partial charge in [-0.25, -0.2) is 4.98 Å². The molecule has 0 unspecified atom stereocenters. The zero-order valence-electron chi connectivity index (χ0n) is 10.4. The van der Waals surface area contributed by atoms with E-state index in [1.165, 1.54) is 0 Å². The quantitative estimate of drug-likeness (QED) is 0.753. The smallest absolute Gasteiger partial charge is 0.214 e. The first kappa shape index (κ1) is 11.9. The molecule has 1 heterocycles. The molecule has 4 nitrogen and oxygen atoms in total. The molecule has 0 N–H and O–H groups in total. The van der Waals surface area contributed by atoms with Gasteiger partial charge < -0.3 is 9.47 Å². The van der Waals surface area contributed by atoms with Crippen molar-refractivity contribution in [3.05, 3.63) is 17.8 Å². The second-order valence-electron chi connectivity index (χ2n) is 5.21. The van der Waals surface area contributed by atoms with Crippen molar-refractivity contribution in [1.29, 1.82) is 0 Å². The Morgan fingerprint density at radius 2 is 2.12 bits per heavy atom. The van der Waals surface area contributed by atoms with Gasteiger partial charge in [0.25, 0.3) is 0 Å². The first-order valence-corrected chi connectivity index (χ1v) is 5.79. The molecule has 0 spiro atoms. The Balaban J connectivity index is 2.17. The van der Waals surface area contributed by atoms with Crippen LogP contribution in [0.25, 0.3) is 0 Å². The van der Waals surface area contributed by atoms with Crippen molar-refractivity contribution in [2.45, 2.75) is 45.3 Å². The molecular weight excluding hydrogens is 218 g/mol. The molecule has 0 saturated heterocycles. The van der Waals surface area contributed by atoms with Gasteiger partial charge in [-0.1, -0.05) is 0 Å². The van der Waals surface area contributed by atoms with Crippen molar-refractivity contribution < 1.29 is 14.3 Å². The lowest BCUT2D eigenvalue weighted by Crippen LogP contribution is -2.23. The van der Waals surface area contributed by atoms with E-state index in [0.717, 1.165) is 19.1 Å². The van der Waals surface area contributed by atoms with E-state index in [1.807, 2.05) is 20.8 Å². The van der Waals surface area contributed by atoms with Crippen LogP contribution in [0, 0.1) is 0 Å². The van der Waals surface area contributed by atoms with Crippen LogP contribution < -0.4 is 9.47 Å². The van der Waals surface area contributed by atoms with Gasteiger partial charge in [0.15, 0.2) is 6.29 Å². The van der Waals surface area contributed by atoms with E-state index in [1.54, 1.807) is 12.3 Å². The molecule has 0 aromatic carbocycles. The van der Waals surface area contributed by atoms with Crippen molar-refractivity contribution in [2.24, 2.45) is 0 Å². The van der Waals surface area contributed by atoms with Crippen LogP contribution in [-0.2, 0) is 0 Å². The summed E-state index contributed by atoms with van der Waals surface area (Å²) in [5, 5.41) is 0. The third-order valence-corrected chi connectivity index (χ3v) is 2.23. The predicted octanol–water partition coefficient (Wildman–Crippen LogP) is 2.61. The molecule has 1 aliphatic rings. The molecule has 0 radical (unpaired) electrons. The van der Waals surface area contributed by atoms with Crippen molar-refractivity contribution in [2.75, 3.05) is 0 Å². The van der Waals surface area contributed by atoms with E-state index in [-0.39, 0.29) is 11.7 Å². The minimum Gasteiger partial charge on any atom is -0.488 e. The summed E-state index contributed by atoms with van der Waals surface area (Å²) < 4.78 is 11.2. The lowest BCUT2D eigenvalue weighted by Gasteiger charge is -2.20. The lowest BCUT2D eigenvalue weighted by molar-refractivity contribution is 0.110. The van der Waals surface area contributed by atoms with Crippen LogP contribution in [0.2, 0.25) is 0 Å². The van der Waals surface area contributed by atoms with Gasteiger partial charge in [-0.15, -0.1) is 0 Å². The van der Waals surface area contributed by atoms with E-state index in [9.17, 15) is 4.79 Å². The van der Waals surface area contributed by atoms with Crippen LogP contribution in [0.3, 0.4) is 0 Å². The molecule has 0 bridgehead atoms. The van der Waals surface area contributed by atoms with Gasteiger partial charge in [0.05, 0.1) is 17.9 Å². The molecule has 2 rings (SSSR count). The predicted molar refractivity (Wildman–Crippen MR) is 63.7 cm³/mol. The van der Waals surface area contributed by atoms with Gasteiger partial charge in [0.1, 0.15) is 11.4 Å². The third kappa shape index (κ3) is 3.44. The summed E-state index contributed by atoms with van der Waals surface area (Å²) in [6.45, 7) is 5.80. The van der Waals surface area contributed by atoms with E-state index < -0.39 is 0 Å². The number of aldehydes is 1. The fourth-order valence-electron chi connectivity index (χ4n) is 1.36. The van der Waals surface area contributed by atoms with E-state index in [2.05, 4.69) is 4.98 Å². The molecule has 0 aliphatic heterocycles. The summed E-state index contributed by atoms with van der Waals surface area (Å²) >= 11 is 0. The number of nitrogens with zero attached hydrogens (tertiary/aromatic N) is 1. The highest BCUT2D eigenvalue weighted by atomic mass is 16.5. The van der Waals surface area contributed by atoms with Crippen molar-refractivity contribution in [3.63, 3.8) is 0 Å². The maximum atomic E-state index is 11.0. The fraction of sp³-hybridized carbons (Fsp3) is 0.538. The fourth-order valence-corrected chi connectivity index (χ4v) is 1.36. The largest absolute Gasteiger partial charge is 0.488 e. The first-order chi connectivity index (χ1) is 7.98.